The summed E-state index contributed by atoms with van der Waals surface area (Å²) in [5.74, 6) is -3.50. The number of ether oxygens (including phenoxy) is 1. The summed E-state index contributed by atoms with van der Waals surface area (Å²) in [6.07, 6.45) is 0.0771. The van der Waals surface area contributed by atoms with Crippen LogP contribution in [0.4, 0.5) is 0 Å². The molecule has 7 heteroatoms. The Bertz CT molecular complexity index is 355. The molecule has 0 rings (SSSR count). The maximum absolute atomic E-state index is 11.2. The molecule has 18 heavy (non-hydrogen) atoms. The average molecular weight is 259 g/mol. The van der Waals surface area contributed by atoms with E-state index in [1.807, 2.05) is 21.1 Å². The molecule has 0 spiro atoms. The van der Waals surface area contributed by atoms with E-state index < -0.39 is 30.4 Å². The van der Waals surface area contributed by atoms with E-state index in [9.17, 15) is 19.5 Å². The van der Waals surface area contributed by atoms with Crippen LogP contribution in [-0.2, 0) is 19.1 Å². The fourth-order valence-corrected chi connectivity index (χ4v) is 1.28. The normalized spacial score (nSPS) is 13.3. The quantitative estimate of drug-likeness (QED) is 0.335. The molecule has 7 nitrogen and oxygen atoms in total. The van der Waals surface area contributed by atoms with Gasteiger partial charge in [-0.05, 0) is 0 Å². The van der Waals surface area contributed by atoms with Crippen molar-refractivity contribution in [2.45, 2.75) is 12.5 Å². The number of carboxylic acid groups (broad SMARTS) is 2. The lowest BCUT2D eigenvalue weighted by atomic mass is 10.2. The molecule has 1 N–H and O–H groups in total. The SMILES string of the molecule is C[N+](C)(C)CC(CC(=O)[O-])OC(=O)/C=C\C(=O)O. The van der Waals surface area contributed by atoms with Crippen LogP contribution in [0.5, 0.6) is 0 Å². The molecule has 0 saturated carbocycles. The molecule has 1 atom stereocenters. The van der Waals surface area contributed by atoms with Gasteiger partial charge in [0.05, 0.1) is 21.1 Å². The van der Waals surface area contributed by atoms with E-state index in [0.29, 0.717) is 10.6 Å². The Balaban J connectivity index is 4.54. The van der Waals surface area contributed by atoms with Crippen molar-refractivity contribution in [1.82, 2.24) is 0 Å². The van der Waals surface area contributed by atoms with E-state index in [4.69, 9.17) is 9.84 Å². The lowest BCUT2D eigenvalue weighted by Crippen LogP contribution is -2.45. The van der Waals surface area contributed by atoms with Crippen LogP contribution >= 0.6 is 0 Å². The molecule has 0 fully saturated rings. The Morgan fingerprint density at radius 2 is 1.83 bits per heavy atom. The first-order chi connectivity index (χ1) is 8.10. The Kier molecular flexibility index (Phi) is 6.04. The Morgan fingerprint density at radius 1 is 1.28 bits per heavy atom. The number of carbonyl (C=O) groups is 3. The minimum atomic E-state index is -1.33. The maximum atomic E-state index is 11.2. The highest BCUT2D eigenvalue weighted by Gasteiger charge is 2.21. The van der Waals surface area contributed by atoms with Crippen LogP contribution in [0.15, 0.2) is 12.2 Å². The van der Waals surface area contributed by atoms with Gasteiger partial charge < -0.3 is 24.2 Å². The Labute approximate surface area is 105 Å². The highest BCUT2D eigenvalue weighted by atomic mass is 16.5. The molecule has 1 unspecified atom stereocenters. The van der Waals surface area contributed by atoms with Gasteiger partial charge in [-0.3, -0.25) is 0 Å². The standard InChI is InChI=1S/C11H17NO6/c1-12(2,3)7-8(6-10(15)16)18-11(17)5-4-9(13)14/h4-5,8H,6-7H2,1-3H3,(H-,13,14,15,16)/b5-4-. The van der Waals surface area contributed by atoms with Crippen LogP contribution in [0.1, 0.15) is 6.42 Å². The van der Waals surface area contributed by atoms with Gasteiger partial charge in [0.1, 0.15) is 6.54 Å². The molecule has 0 bridgehead atoms. The largest absolute Gasteiger partial charge is 0.550 e. The summed E-state index contributed by atoms with van der Waals surface area (Å²) in [6.45, 7) is 0.278. The van der Waals surface area contributed by atoms with Crippen molar-refractivity contribution in [2.75, 3.05) is 27.7 Å². The van der Waals surface area contributed by atoms with Crippen molar-refractivity contribution in [3.05, 3.63) is 12.2 Å². The van der Waals surface area contributed by atoms with Gasteiger partial charge in [-0.15, -0.1) is 0 Å². The van der Waals surface area contributed by atoms with Crippen LogP contribution in [0.3, 0.4) is 0 Å². The Morgan fingerprint density at radius 3 is 2.22 bits per heavy atom. The monoisotopic (exact) mass is 259 g/mol. The topological polar surface area (TPSA) is 104 Å². The third kappa shape index (κ3) is 9.34. The molecule has 0 saturated heterocycles. The highest BCUT2D eigenvalue weighted by molar-refractivity contribution is 5.90. The van der Waals surface area contributed by atoms with Crippen molar-refractivity contribution in [2.24, 2.45) is 0 Å². The molecular weight excluding hydrogens is 242 g/mol. The first-order valence-electron chi connectivity index (χ1n) is 5.22. The predicted molar refractivity (Wildman–Crippen MR) is 59.2 cm³/mol. The molecule has 102 valence electrons. The number of quaternary nitrogens is 1. The lowest BCUT2D eigenvalue weighted by Gasteiger charge is -2.28. The number of rotatable bonds is 7. The van der Waals surface area contributed by atoms with Gasteiger partial charge in [-0.2, -0.15) is 0 Å². The van der Waals surface area contributed by atoms with Gasteiger partial charge in [-0.1, -0.05) is 0 Å². The van der Waals surface area contributed by atoms with E-state index >= 15 is 0 Å². The Hall–Kier alpha value is -1.89. The van der Waals surface area contributed by atoms with Crippen LogP contribution in [-0.4, -0.2) is 61.3 Å². The molecule has 0 aromatic heterocycles. The van der Waals surface area contributed by atoms with Gasteiger partial charge in [0.15, 0.2) is 6.10 Å². The molecule has 0 aliphatic carbocycles. The zero-order valence-electron chi connectivity index (χ0n) is 10.6. The first kappa shape index (κ1) is 16.1. The van der Waals surface area contributed by atoms with E-state index in [-0.39, 0.29) is 6.54 Å². The van der Waals surface area contributed by atoms with Crippen molar-refractivity contribution < 1.29 is 33.8 Å². The number of esters is 1. The van der Waals surface area contributed by atoms with Crippen LogP contribution in [0, 0.1) is 0 Å². The number of likely N-dealkylation sites (N-methyl/N-ethyl adjacent to an activating group) is 1. The van der Waals surface area contributed by atoms with E-state index in [1.54, 1.807) is 0 Å². The van der Waals surface area contributed by atoms with Crippen LogP contribution in [0.25, 0.3) is 0 Å². The molecule has 0 aliphatic heterocycles. The molecule has 0 amide bonds. The number of carbonyl (C=O) groups excluding carboxylic acids is 2. The second kappa shape index (κ2) is 6.75. The van der Waals surface area contributed by atoms with Crippen LogP contribution < -0.4 is 5.11 Å². The molecule has 0 aromatic rings. The second-order valence-corrected chi connectivity index (χ2v) is 4.78. The predicted octanol–water partition coefficient (Wildman–Crippen LogP) is -1.61. The van der Waals surface area contributed by atoms with Crippen molar-refractivity contribution in [3.8, 4) is 0 Å². The summed E-state index contributed by atoms with van der Waals surface area (Å²) in [6, 6.07) is 0. The number of hydrogen-bond acceptors (Lipinski definition) is 5. The fourth-order valence-electron chi connectivity index (χ4n) is 1.28. The average Bonchev–Trinajstić information content (AvgIpc) is 2.10. The number of hydrogen-bond donors (Lipinski definition) is 1. The number of carboxylic acids is 2. The number of nitrogens with zero attached hydrogens (tertiary/aromatic N) is 1. The zero-order valence-corrected chi connectivity index (χ0v) is 10.6. The fraction of sp³-hybridized carbons (Fsp3) is 0.545. The van der Waals surface area contributed by atoms with Gasteiger partial charge in [-0.25, -0.2) is 9.59 Å². The molecule has 0 aromatic carbocycles. The molecule has 0 aliphatic rings. The minimum Gasteiger partial charge on any atom is -0.550 e. The summed E-state index contributed by atoms with van der Waals surface area (Å²) in [7, 11) is 5.43. The van der Waals surface area contributed by atoms with Crippen molar-refractivity contribution in [1.29, 1.82) is 0 Å². The number of aliphatic carboxylic acids is 2. The third-order valence-corrected chi connectivity index (χ3v) is 1.79. The van der Waals surface area contributed by atoms with E-state index in [1.165, 1.54) is 0 Å². The highest BCUT2D eigenvalue weighted by Crippen LogP contribution is 2.05. The van der Waals surface area contributed by atoms with Crippen molar-refractivity contribution in [3.63, 3.8) is 0 Å². The summed E-state index contributed by atoms with van der Waals surface area (Å²) >= 11 is 0. The smallest absolute Gasteiger partial charge is 0.331 e. The van der Waals surface area contributed by atoms with Gasteiger partial charge >= 0.3 is 11.9 Å². The first-order valence-corrected chi connectivity index (χ1v) is 5.22. The molecular formula is C11H17NO6. The summed E-state index contributed by atoms with van der Waals surface area (Å²) in [5, 5.41) is 18.8. The van der Waals surface area contributed by atoms with Crippen LogP contribution in [0.2, 0.25) is 0 Å². The molecule has 0 radical (unpaired) electrons. The maximum Gasteiger partial charge on any atom is 0.331 e. The summed E-state index contributed by atoms with van der Waals surface area (Å²) in [5.41, 5.74) is 0. The summed E-state index contributed by atoms with van der Waals surface area (Å²) in [4.78, 5) is 31.9. The summed E-state index contributed by atoms with van der Waals surface area (Å²) < 4.78 is 5.26. The third-order valence-electron chi connectivity index (χ3n) is 1.79. The van der Waals surface area contributed by atoms with Gasteiger partial charge in [0.2, 0.25) is 0 Å². The molecule has 0 heterocycles. The second-order valence-electron chi connectivity index (χ2n) is 4.78. The zero-order chi connectivity index (χ0) is 14.3. The van der Waals surface area contributed by atoms with E-state index in [0.717, 1.165) is 6.08 Å². The van der Waals surface area contributed by atoms with Gasteiger partial charge in [0.25, 0.3) is 0 Å². The van der Waals surface area contributed by atoms with Gasteiger partial charge in [0, 0.05) is 24.5 Å². The van der Waals surface area contributed by atoms with Crippen molar-refractivity contribution >= 4 is 17.9 Å². The van der Waals surface area contributed by atoms with E-state index in [2.05, 4.69) is 0 Å². The lowest BCUT2D eigenvalue weighted by molar-refractivity contribution is -0.873. The minimum absolute atomic E-state index is 0.278.